The topological polar surface area (TPSA) is 23.5 Å². The summed E-state index contributed by atoms with van der Waals surface area (Å²) in [5.41, 5.74) is 4.45. The lowest BCUT2D eigenvalue weighted by Gasteiger charge is -2.38. The highest BCUT2D eigenvalue weighted by molar-refractivity contribution is 5.75. The molecule has 2 aliphatic carbocycles. The molecule has 22 heavy (non-hydrogen) atoms. The molecule has 1 aliphatic heterocycles. The number of nitrogens with zero attached hydrogens (tertiary/aromatic N) is 1. The van der Waals surface area contributed by atoms with Crippen molar-refractivity contribution in [3.8, 4) is 0 Å². The van der Waals surface area contributed by atoms with Crippen molar-refractivity contribution >= 4 is 5.57 Å². The second-order valence-electron chi connectivity index (χ2n) is 7.33. The Morgan fingerprint density at radius 3 is 2.73 bits per heavy atom. The first-order valence-corrected chi connectivity index (χ1v) is 8.98. The predicted molar refractivity (Wildman–Crippen MR) is 90.6 cm³/mol. The second-order valence-corrected chi connectivity index (χ2v) is 7.33. The van der Waals surface area contributed by atoms with Crippen molar-refractivity contribution < 1.29 is 5.11 Å². The lowest BCUT2D eigenvalue weighted by molar-refractivity contribution is 0.0978. The van der Waals surface area contributed by atoms with E-state index in [1.54, 1.807) is 0 Å². The van der Waals surface area contributed by atoms with Gasteiger partial charge in [0.15, 0.2) is 0 Å². The van der Waals surface area contributed by atoms with E-state index in [0.717, 1.165) is 12.8 Å². The number of benzene rings is 1. The zero-order valence-electron chi connectivity index (χ0n) is 13.4. The first-order valence-electron chi connectivity index (χ1n) is 8.98. The van der Waals surface area contributed by atoms with E-state index in [2.05, 4.69) is 35.2 Å². The van der Waals surface area contributed by atoms with Gasteiger partial charge in [0.2, 0.25) is 0 Å². The lowest BCUT2D eigenvalue weighted by Crippen LogP contribution is -2.40. The quantitative estimate of drug-likeness (QED) is 0.925. The van der Waals surface area contributed by atoms with E-state index in [4.69, 9.17) is 0 Å². The van der Waals surface area contributed by atoms with E-state index >= 15 is 0 Å². The van der Waals surface area contributed by atoms with Gasteiger partial charge in [-0.3, -0.25) is 0 Å². The maximum absolute atomic E-state index is 10.1. The standard InChI is InChI=1S/C20H27NO/c22-14-20-16(13-21-10-4-1-5-11-21)8-9-18-17-7-3-2-6-15(17)12-19(18)20/h2-3,6-7,9,16,19-20,22H,1,4-5,8,10-14H2. The van der Waals surface area contributed by atoms with Crippen LogP contribution in [0.3, 0.4) is 0 Å². The minimum atomic E-state index is 0.342. The summed E-state index contributed by atoms with van der Waals surface area (Å²) < 4.78 is 0. The minimum absolute atomic E-state index is 0.342. The molecule has 2 heteroatoms. The normalized spacial score (nSPS) is 31.5. The van der Waals surface area contributed by atoms with Gasteiger partial charge in [0.1, 0.15) is 0 Å². The molecule has 0 saturated carbocycles. The summed E-state index contributed by atoms with van der Waals surface area (Å²) in [6, 6.07) is 8.83. The molecule has 3 unspecified atom stereocenters. The molecule has 3 atom stereocenters. The van der Waals surface area contributed by atoms with Gasteiger partial charge in [-0.25, -0.2) is 0 Å². The molecule has 0 aromatic heterocycles. The van der Waals surface area contributed by atoms with Crippen LogP contribution >= 0.6 is 0 Å². The minimum Gasteiger partial charge on any atom is -0.396 e. The Hall–Kier alpha value is -1.12. The van der Waals surface area contributed by atoms with Crippen molar-refractivity contribution in [1.29, 1.82) is 0 Å². The van der Waals surface area contributed by atoms with Crippen molar-refractivity contribution in [2.75, 3.05) is 26.2 Å². The Bertz CT molecular complexity index is 559. The van der Waals surface area contributed by atoms with Gasteiger partial charge in [0.05, 0.1) is 0 Å². The molecule has 0 amide bonds. The van der Waals surface area contributed by atoms with Gasteiger partial charge in [0, 0.05) is 13.2 Å². The smallest absolute Gasteiger partial charge is 0.0468 e. The number of allylic oxidation sites excluding steroid dienone is 2. The number of hydrogen-bond acceptors (Lipinski definition) is 2. The van der Waals surface area contributed by atoms with Crippen molar-refractivity contribution in [2.24, 2.45) is 17.8 Å². The first kappa shape index (κ1) is 14.5. The fraction of sp³-hybridized carbons (Fsp3) is 0.600. The molecular weight excluding hydrogens is 270 g/mol. The molecule has 1 aromatic carbocycles. The third-order valence-electron chi connectivity index (χ3n) is 6.08. The first-order chi connectivity index (χ1) is 10.9. The van der Waals surface area contributed by atoms with Crippen LogP contribution < -0.4 is 0 Å². The molecule has 3 aliphatic rings. The SMILES string of the molecule is OCC1C(CN2CCCCC2)CC=C2c3ccccc3CC21. The monoisotopic (exact) mass is 297 g/mol. The summed E-state index contributed by atoms with van der Waals surface area (Å²) in [5, 5.41) is 10.1. The largest absolute Gasteiger partial charge is 0.396 e. The van der Waals surface area contributed by atoms with Gasteiger partial charge in [-0.15, -0.1) is 0 Å². The van der Waals surface area contributed by atoms with Gasteiger partial charge in [0.25, 0.3) is 0 Å². The molecule has 2 nitrogen and oxygen atoms in total. The molecule has 0 bridgehead atoms. The molecule has 1 heterocycles. The molecule has 1 fully saturated rings. The number of piperidine rings is 1. The zero-order chi connectivity index (χ0) is 14.9. The van der Waals surface area contributed by atoms with E-state index in [9.17, 15) is 5.11 Å². The van der Waals surface area contributed by atoms with Crippen molar-refractivity contribution in [3.63, 3.8) is 0 Å². The lowest BCUT2D eigenvalue weighted by atomic mass is 9.72. The maximum Gasteiger partial charge on any atom is 0.0468 e. The van der Waals surface area contributed by atoms with Gasteiger partial charge in [-0.2, -0.15) is 0 Å². The van der Waals surface area contributed by atoms with E-state index < -0.39 is 0 Å². The van der Waals surface area contributed by atoms with Gasteiger partial charge >= 0.3 is 0 Å². The maximum atomic E-state index is 10.1. The molecule has 1 saturated heterocycles. The highest BCUT2D eigenvalue weighted by Crippen LogP contribution is 2.47. The number of rotatable bonds is 3. The van der Waals surface area contributed by atoms with Crippen LogP contribution in [0.5, 0.6) is 0 Å². The van der Waals surface area contributed by atoms with Crippen molar-refractivity contribution in [1.82, 2.24) is 4.90 Å². The summed E-state index contributed by atoms with van der Waals surface area (Å²) >= 11 is 0. The number of hydrogen-bond donors (Lipinski definition) is 1. The molecule has 0 spiro atoms. The van der Waals surface area contributed by atoms with Crippen LogP contribution in [-0.2, 0) is 6.42 Å². The third-order valence-corrected chi connectivity index (χ3v) is 6.08. The zero-order valence-corrected chi connectivity index (χ0v) is 13.4. The summed E-state index contributed by atoms with van der Waals surface area (Å²) in [6.07, 6.45) is 8.86. The highest BCUT2D eigenvalue weighted by atomic mass is 16.3. The van der Waals surface area contributed by atoms with Crippen LogP contribution in [0.25, 0.3) is 5.57 Å². The van der Waals surface area contributed by atoms with Gasteiger partial charge < -0.3 is 10.0 Å². The summed E-state index contributed by atoms with van der Waals surface area (Å²) in [5.74, 6) is 1.62. The summed E-state index contributed by atoms with van der Waals surface area (Å²) in [7, 11) is 0. The number of aliphatic hydroxyl groups excluding tert-OH is 1. The summed E-state index contributed by atoms with van der Waals surface area (Å²) in [4.78, 5) is 2.64. The van der Waals surface area contributed by atoms with Crippen LogP contribution in [-0.4, -0.2) is 36.2 Å². The Labute approximate surface area is 133 Å². The van der Waals surface area contributed by atoms with Crippen molar-refractivity contribution in [2.45, 2.75) is 32.1 Å². The Morgan fingerprint density at radius 1 is 1.09 bits per heavy atom. The molecule has 4 rings (SSSR count). The average molecular weight is 297 g/mol. The van der Waals surface area contributed by atoms with Crippen molar-refractivity contribution in [3.05, 3.63) is 41.5 Å². The van der Waals surface area contributed by atoms with E-state index in [1.807, 2.05) is 0 Å². The van der Waals surface area contributed by atoms with Crippen LogP contribution in [0.15, 0.2) is 30.3 Å². The fourth-order valence-corrected chi connectivity index (χ4v) is 4.91. The molecule has 118 valence electrons. The second kappa shape index (κ2) is 6.17. The average Bonchev–Trinajstić information content (AvgIpc) is 2.94. The van der Waals surface area contributed by atoms with Gasteiger partial charge in [-0.05, 0) is 73.2 Å². The Kier molecular flexibility index (Phi) is 4.06. The fourth-order valence-electron chi connectivity index (χ4n) is 4.91. The molecule has 0 radical (unpaired) electrons. The predicted octanol–water partition coefficient (Wildman–Crippen LogP) is 3.36. The molecule has 1 N–H and O–H groups in total. The molecular formula is C20H27NO. The van der Waals surface area contributed by atoms with Crippen LogP contribution in [0.1, 0.15) is 36.8 Å². The third kappa shape index (κ3) is 2.53. The van der Waals surface area contributed by atoms with E-state index in [-0.39, 0.29) is 0 Å². The van der Waals surface area contributed by atoms with Crippen LogP contribution in [0.2, 0.25) is 0 Å². The van der Waals surface area contributed by atoms with E-state index in [0.29, 0.717) is 24.4 Å². The number of likely N-dealkylation sites (tertiary alicyclic amines) is 1. The number of fused-ring (bicyclic) bond motifs is 3. The van der Waals surface area contributed by atoms with Crippen LogP contribution in [0.4, 0.5) is 0 Å². The highest BCUT2D eigenvalue weighted by Gasteiger charge is 2.39. The Morgan fingerprint density at radius 2 is 1.91 bits per heavy atom. The van der Waals surface area contributed by atoms with Crippen LogP contribution in [0, 0.1) is 17.8 Å². The van der Waals surface area contributed by atoms with Gasteiger partial charge in [-0.1, -0.05) is 36.8 Å². The summed E-state index contributed by atoms with van der Waals surface area (Å²) in [6.45, 7) is 4.04. The Balaban J connectivity index is 1.53. The van der Waals surface area contributed by atoms with E-state index in [1.165, 1.54) is 55.6 Å². The molecule has 1 aromatic rings. The number of aliphatic hydroxyl groups is 1.